The number of rotatable bonds is 4. The molecule has 0 radical (unpaired) electrons. The summed E-state index contributed by atoms with van der Waals surface area (Å²) in [5.74, 6) is -0.674. The van der Waals surface area contributed by atoms with E-state index in [1.165, 1.54) is 6.20 Å². The summed E-state index contributed by atoms with van der Waals surface area (Å²) >= 11 is 3.40. The lowest BCUT2D eigenvalue weighted by atomic mass is 9.88. The van der Waals surface area contributed by atoms with Crippen molar-refractivity contribution in [1.82, 2.24) is 4.57 Å². The van der Waals surface area contributed by atoms with Crippen LogP contribution in [0.5, 0.6) is 0 Å². The van der Waals surface area contributed by atoms with E-state index in [0.717, 1.165) is 10.1 Å². The Bertz CT molecular complexity index is 1070. The van der Waals surface area contributed by atoms with Crippen LogP contribution in [0.3, 0.4) is 0 Å². The van der Waals surface area contributed by atoms with Crippen molar-refractivity contribution < 1.29 is 27.9 Å². The van der Waals surface area contributed by atoms with Crippen LogP contribution in [-0.2, 0) is 14.6 Å². The number of halogens is 1. The van der Waals surface area contributed by atoms with Gasteiger partial charge in [-0.25, -0.2) is 18.0 Å². The van der Waals surface area contributed by atoms with Crippen LogP contribution in [-0.4, -0.2) is 47.8 Å². The molecule has 0 saturated carbocycles. The molecule has 7 nitrogen and oxygen atoms in total. The highest BCUT2D eigenvalue weighted by Crippen LogP contribution is 2.41. The van der Waals surface area contributed by atoms with Gasteiger partial charge in [0.25, 0.3) is 0 Å². The number of sulfone groups is 1. The van der Waals surface area contributed by atoms with Gasteiger partial charge in [0.15, 0.2) is 9.84 Å². The van der Waals surface area contributed by atoms with Gasteiger partial charge in [-0.2, -0.15) is 0 Å². The van der Waals surface area contributed by atoms with E-state index in [-0.39, 0.29) is 35.3 Å². The SMILES string of the molecule is CCOC(=O)c1cc(Br)cc2c(C3CCS(=O)(=O)C(C(C)C)C3)cn(C(=O)O)c12. The van der Waals surface area contributed by atoms with Crippen LogP contribution in [0.25, 0.3) is 10.9 Å². The predicted octanol–water partition coefficient (Wildman–Crippen LogP) is 4.42. The van der Waals surface area contributed by atoms with Crippen molar-refractivity contribution >= 4 is 48.7 Å². The van der Waals surface area contributed by atoms with E-state index in [2.05, 4.69) is 15.9 Å². The second-order valence-electron chi connectivity index (χ2n) is 7.68. The van der Waals surface area contributed by atoms with E-state index in [4.69, 9.17) is 4.74 Å². The molecule has 9 heteroatoms. The maximum absolute atomic E-state index is 12.5. The van der Waals surface area contributed by atoms with Crippen molar-refractivity contribution in [2.24, 2.45) is 5.92 Å². The average molecular weight is 486 g/mol. The van der Waals surface area contributed by atoms with Crippen molar-refractivity contribution in [3.63, 3.8) is 0 Å². The number of carbonyl (C=O) groups is 2. The van der Waals surface area contributed by atoms with Crippen LogP contribution in [0.4, 0.5) is 4.79 Å². The van der Waals surface area contributed by atoms with Gasteiger partial charge in [0, 0.05) is 16.1 Å². The standard InChI is InChI=1S/C20H24BrNO6S/c1-4-28-19(23)15-9-13(21)8-14-16(10-22(18(14)15)20(24)25)12-5-6-29(26,27)17(7-12)11(2)3/h8-12,17H,4-7H2,1-3H3,(H,24,25). The van der Waals surface area contributed by atoms with E-state index in [1.807, 2.05) is 13.8 Å². The Balaban J connectivity index is 2.19. The Morgan fingerprint density at radius 3 is 2.62 bits per heavy atom. The first-order valence-corrected chi connectivity index (χ1v) is 12.0. The van der Waals surface area contributed by atoms with E-state index >= 15 is 0 Å². The monoisotopic (exact) mass is 485 g/mol. The molecule has 3 rings (SSSR count). The minimum atomic E-state index is -3.17. The van der Waals surface area contributed by atoms with Gasteiger partial charge < -0.3 is 9.84 Å². The number of hydrogen-bond donors (Lipinski definition) is 1. The molecule has 0 bridgehead atoms. The van der Waals surface area contributed by atoms with Crippen LogP contribution in [0.1, 0.15) is 55.5 Å². The fourth-order valence-electron chi connectivity index (χ4n) is 4.16. The Hall–Kier alpha value is -1.87. The highest BCUT2D eigenvalue weighted by atomic mass is 79.9. The molecule has 1 N–H and O–H groups in total. The molecular weight excluding hydrogens is 462 g/mol. The second-order valence-corrected chi connectivity index (χ2v) is 10.9. The van der Waals surface area contributed by atoms with Gasteiger partial charge in [-0.3, -0.25) is 4.57 Å². The molecule has 2 unspecified atom stereocenters. The third kappa shape index (κ3) is 4.07. The van der Waals surface area contributed by atoms with Gasteiger partial charge in [0.1, 0.15) is 0 Å². The molecule has 0 aliphatic carbocycles. The average Bonchev–Trinajstić information content (AvgIpc) is 3.00. The Kier molecular flexibility index (Phi) is 6.10. The summed E-state index contributed by atoms with van der Waals surface area (Å²) < 4.78 is 31.7. The van der Waals surface area contributed by atoms with Gasteiger partial charge in [-0.05, 0) is 49.3 Å². The summed E-state index contributed by atoms with van der Waals surface area (Å²) in [5.41, 5.74) is 1.17. The molecule has 1 aliphatic rings. The number of aromatic nitrogens is 1. The maximum atomic E-state index is 12.5. The van der Waals surface area contributed by atoms with Crippen molar-refractivity contribution in [2.75, 3.05) is 12.4 Å². The number of carbonyl (C=O) groups excluding carboxylic acids is 1. The van der Waals surface area contributed by atoms with E-state index in [9.17, 15) is 23.1 Å². The minimum Gasteiger partial charge on any atom is -0.464 e. The molecule has 1 aromatic heterocycles. The largest absolute Gasteiger partial charge is 0.464 e. The summed E-state index contributed by atoms with van der Waals surface area (Å²) in [6.07, 6.45) is 1.16. The van der Waals surface area contributed by atoms with Crippen LogP contribution in [0.2, 0.25) is 0 Å². The summed E-state index contributed by atoms with van der Waals surface area (Å²) in [7, 11) is -3.17. The fraction of sp³-hybridized carbons (Fsp3) is 0.500. The molecule has 0 spiro atoms. The molecule has 0 amide bonds. The van der Waals surface area contributed by atoms with E-state index < -0.39 is 27.1 Å². The molecular formula is C20H24BrNO6S. The molecule has 1 fully saturated rings. The lowest BCUT2D eigenvalue weighted by Crippen LogP contribution is -2.35. The Morgan fingerprint density at radius 1 is 1.34 bits per heavy atom. The molecule has 2 aromatic rings. The van der Waals surface area contributed by atoms with Crippen LogP contribution < -0.4 is 0 Å². The van der Waals surface area contributed by atoms with Crippen molar-refractivity contribution in [3.8, 4) is 0 Å². The first-order chi connectivity index (χ1) is 13.6. The van der Waals surface area contributed by atoms with Crippen LogP contribution in [0, 0.1) is 5.92 Å². The first-order valence-electron chi connectivity index (χ1n) is 9.53. The Morgan fingerprint density at radius 2 is 2.03 bits per heavy atom. The third-order valence-corrected chi connectivity index (χ3v) is 8.43. The second kappa shape index (κ2) is 8.10. The number of fused-ring (bicyclic) bond motifs is 1. The Labute approximate surface area is 178 Å². The number of esters is 1. The predicted molar refractivity (Wildman–Crippen MR) is 113 cm³/mol. The first kappa shape index (κ1) is 21.8. The lowest BCUT2D eigenvalue weighted by molar-refractivity contribution is 0.0528. The molecule has 29 heavy (non-hydrogen) atoms. The molecule has 1 aromatic carbocycles. The van der Waals surface area contributed by atoms with Crippen LogP contribution in [0.15, 0.2) is 22.8 Å². The summed E-state index contributed by atoms with van der Waals surface area (Å²) in [4.78, 5) is 24.4. The van der Waals surface area contributed by atoms with E-state index in [0.29, 0.717) is 22.7 Å². The number of nitrogens with zero attached hydrogens (tertiary/aromatic N) is 1. The quantitative estimate of drug-likeness (QED) is 0.642. The smallest absolute Gasteiger partial charge is 0.416 e. The molecule has 2 atom stereocenters. The van der Waals surface area contributed by atoms with E-state index in [1.54, 1.807) is 19.1 Å². The van der Waals surface area contributed by atoms with Crippen molar-refractivity contribution in [3.05, 3.63) is 33.9 Å². The summed E-state index contributed by atoms with van der Waals surface area (Å²) in [6, 6.07) is 3.33. The third-order valence-electron chi connectivity index (χ3n) is 5.51. The summed E-state index contributed by atoms with van der Waals surface area (Å²) in [5, 5.41) is 9.88. The lowest BCUT2D eigenvalue weighted by Gasteiger charge is -2.31. The summed E-state index contributed by atoms with van der Waals surface area (Å²) in [6.45, 7) is 5.63. The van der Waals surface area contributed by atoms with Gasteiger partial charge in [-0.15, -0.1) is 0 Å². The maximum Gasteiger partial charge on any atom is 0.416 e. The number of hydrogen-bond acceptors (Lipinski definition) is 5. The topological polar surface area (TPSA) is 103 Å². The molecule has 1 aliphatic heterocycles. The number of ether oxygens (including phenoxy) is 1. The van der Waals surface area contributed by atoms with Crippen molar-refractivity contribution in [2.45, 2.75) is 44.8 Å². The van der Waals surface area contributed by atoms with Gasteiger partial charge >= 0.3 is 12.1 Å². The molecule has 158 valence electrons. The normalized spacial score (nSPS) is 21.4. The van der Waals surface area contributed by atoms with Gasteiger partial charge in [0.2, 0.25) is 0 Å². The fourth-order valence-corrected chi connectivity index (χ4v) is 6.89. The highest BCUT2D eigenvalue weighted by molar-refractivity contribution is 9.10. The highest BCUT2D eigenvalue weighted by Gasteiger charge is 2.38. The number of benzene rings is 1. The zero-order chi connectivity index (χ0) is 21.5. The van der Waals surface area contributed by atoms with Gasteiger partial charge in [0.05, 0.1) is 28.7 Å². The molecule has 2 heterocycles. The van der Waals surface area contributed by atoms with Crippen molar-refractivity contribution in [1.29, 1.82) is 0 Å². The zero-order valence-corrected chi connectivity index (χ0v) is 18.9. The molecule has 1 saturated heterocycles. The van der Waals surface area contributed by atoms with Crippen LogP contribution >= 0.6 is 15.9 Å². The zero-order valence-electron chi connectivity index (χ0n) is 16.5. The minimum absolute atomic E-state index is 0.0301. The number of carboxylic acid groups (broad SMARTS) is 1. The van der Waals surface area contributed by atoms with Gasteiger partial charge in [-0.1, -0.05) is 29.8 Å².